The Kier molecular flexibility index (Phi) is 5.08. The van der Waals surface area contributed by atoms with E-state index in [-0.39, 0.29) is 12.0 Å². The van der Waals surface area contributed by atoms with Gasteiger partial charge in [0.1, 0.15) is 0 Å². The highest BCUT2D eigenvalue weighted by Crippen LogP contribution is 2.26. The normalized spacial score (nSPS) is 23.3. The molecule has 0 radical (unpaired) electrons. The topological polar surface area (TPSA) is 49.3 Å². The number of carbonyl (C=O) groups is 1. The summed E-state index contributed by atoms with van der Waals surface area (Å²) in [5.41, 5.74) is 1.02. The second-order valence-electron chi connectivity index (χ2n) is 4.97. The van der Waals surface area contributed by atoms with E-state index < -0.39 is 5.97 Å². The van der Waals surface area contributed by atoms with Crippen LogP contribution in [-0.4, -0.2) is 17.1 Å². The lowest BCUT2D eigenvalue weighted by atomic mass is 9.84. The van der Waals surface area contributed by atoms with E-state index in [4.69, 9.17) is 23.2 Å². The molecule has 0 spiro atoms. The number of nitrogens with one attached hydrogen (secondary N) is 1. The van der Waals surface area contributed by atoms with Crippen LogP contribution in [0.5, 0.6) is 0 Å². The van der Waals surface area contributed by atoms with E-state index in [1.165, 1.54) is 0 Å². The van der Waals surface area contributed by atoms with Crippen molar-refractivity contribution in [3.05, 3.63) is 33.8 Å². The molecule has 0 saturated heterocycles. The highest BCUT2D eigenvalue weighted by molar-refractivity contribution is 6.42. The summed E-state index contributed by atoms with van der Waals surface area (Å²) < 4.78 is 0. The Labute approximate surface area is 122 Å². The van der Waals surface area contributed by atoms with Crippen LogP contribution in [0.2, 0.25) is 10.0 Å². The third kappa shape index (κ3) is 3.85. The number of rotatable bonds is 4. The van der Waals surface area contributed by atoms with Crippen molar-refractivity contribution in [1.29, 1.82) is 0 Å². The molecule has 3 nitrogen and oxygen atoms in total. The summed E-state index contributed by atoms with van der Waals surface area (Å²) in [5.74, 6) is -0.983. The second kappa shape index (κ2) is 6.60. The Morgan fingerprint density at radius 1 is 1.26 bits per heavy atom. The minimum atomic E-state index is -0.702. The van der Waals surface area contributed by atoms with Crippen molar-refractivity contribution in [2.75, 3.05) is 0 Å². The first kappa shape index (κ1) is 14.6. The van der Waals surface area contributed by atoms with Crippen molar-refractivity contribution < 1.29 is 9.90 Å². The van der Waals surface area contributed by atoms with Crippen LogP contribution in [0.3, 0.4) is 0 Å². The maximum atomic E-state index is 11.2. The Bertz CT molecular complexity index is 465. The molecule has 19 heavy (non-hydrogen) atoms. The summed E-state index contributed by atoms with van der Waals surface area (Å²) in [6.07, 6.45) is 3.76. The molecule has 2 N–H and O–H groups in total. The van der Waals surface area contributed by atoms with Crippen LogP contribution >= 0.6 is 23.2 Å². The van der Waals surface area contributed by atoms with Gasteiger partial charge in [0, 0.05) is 12.6 Å². The number of halogens is 2. The summed E-state index contributed by atoms with van der Waals surface area (Å²) in [6, 6.07) is 5.52. The van der Waals surface area contributed by atoms with Gasteiger partial charge in [-0.2, -0.15) is 0 Å². The number of carboxylic acids is 1. The maximum Gasteiger partial charge on any atom is 0.308 e. The average molecular weight is 302 g/mol. The zero-order valence-corrected chi connectivity index (χ0v) is 12.0. The molecule has 2 rings (SSSR count). The molecule has 0 aromatic heterocycles. The highest BCUT2D eigenvalue weighted by Gasteiger charge is 2.30. The van der Waals surface area contributed by atoms with Gasteiger partial charge >= 0.3 is 5.97 Å². The number of hydrogen-bond acceptors (Lipinski definition) is 2. The van der Waals surface area contributed by atoms with Gasteiger partial charge in [-0.05, 0) is 30.5 Å². The lowest BCUT2D eigenvalue weighted by Gasteiger charge is -2.29. The van der Waals surface area contributed by atoms with E-state index in [1.807, 2.05) is 12.1 Å². The van der Waals surface area contributed by atoms with Crippen LogP contribution in [0.4, 0.5) is 0 Å². The summed E-state index contributed by atoms with van der Waals surface area (Å²) in [5, 5.41) is 13.6. The lowest BCUT2D eigenvalue weighted by Crippen LogP contribution is -2.41. The van der Waals surface area contributed by atoms with Crippen molar-refractivity contribution in [3.8, 4) is 0 Å². The van der Waals surface area contributed by atoms with E-state index in [9.17, 15) is 9.90 Å². The quantitative estimate of drug-likeness (QED) is 0.891. The van der Waals surface area contributed by atoms with Gasteiger partial charge in [-0.15, -0.1) is 0 Å². The molecular weight excluding hydrogens is 285 g/mol. The molecule has 1 aromatic carbocycles. The van der Waals surface area contributed by atoms with E-state index in [1.54, 1.807) is 6.07 Å². The standard InChI is InChI=1S/C14H17Cl2NO2/c15-11-6-5-9(7-12(11)16)8-17-13-4-2-1-3-10(13)14(18)19/h5-7,10,13,17H,1-4,8H2,(H,18,19)/t10-,13-/m0/s1. The first-order chi connectivity index (χ1) is 9.08. The molecule has 1 aliphatic carbocycles. The molecule has 1 aliphatic rings. The van der Waals surface area contributed by atoms with Crippen LogP contribution in [0.25, 0.3) is 0 Å². The third-order valence-corrected chi connectivity index (χ3v) is 4.37. The number of aliphatic carboxylic acids is 1. The SMILES string of the molecule is O=C(O)[C@H]1CCCC[C@@H]1NCc1ccc(Cl)c(Cl)c1. The fourth-order valence-electron chi connectivity index (χ4n) is 2.57. The molecule has 0 heterocycles. The lowest BCUT2D eigenvalue weighted by molar-refractivity contribution is -0.143. The first-order valence-electron chi connectivity index (χ1n) is 6.48. The van der Waals surface area contributed by atoms with Crippen molar-refractivity contribution in [2.24, 2.45) is 5.92 Å². The smallest absolute Gasteiger partial charge is 0.308 e. The highest BCUT2D eigenvalue weighted by atomic mass is 35.5. The van der Waals surface area contributed by atoms with Gasteiger partial charge in [0.25, 0.3) is 0 Å². The predicted octanol–water partition coefficient (Wildman–Crippen LogP) is 3.73. The van der Waals surface area contributed by atoms with Gasteiger partial charge in [0.2, 0.25) is 0 Å². The predicted molar refractivity (Wildman–Crippen MR) is 76.7 cm³/mol. The summed E-state index contributed by atoms with van der Waals surface area (Å²) >= 11 is 11.8. The first-order valence-corrected chi connectivity index (χ1v) is 7.23. The van der Waals surface area contributed by atoms with Crippen LogP contribution in [0.1, 0.15) is 31.2 Å². The zero-order chi connectivity index (χ0) is 13.8. The molecule has 5 heteroatoms. The van der Waals surface area contributed by atoms with Crippen molar-refractivity contribution in [3.63, 3.8) is 0 Å². The number of hydrogen-bond donors (Lipinski definition) is 2. The van der Waals surface area contributed by atoms with Gasteiger partial charge < -0.3 is 10.4 Å². The fourth-order valence-corrected chi connectivity index (χ4v) is 2.89. The van der Waals surface area contributed by atoms with E-state index in [0.717, 1.165) is 31.2 Å². The second-order valence-corrected chi connectivity index (χ2v) is 5.78. The molecule has 1 fully saturated rings. The largest absolute Gasteiger partial charge is 0.481 e. The Balaban J connectivity index is 1.96. The molecule has 0 aliphatic heterocycles. The van der Waals surface area contributed by atoms with Crippen LogP contribution in [0, 0.1) is 5.92 Å². The van der Waals surface area contributed by atoms with E-state index in [2.05, 4.69) is 5.32 Å². The molecule has 0 amide bonds. The minimum absolute atomic E-state index is 0.0423. The maximum absolute atomic E-state index is 11.2. The average Bonchev–Trinajstić information content (AvgIpc) is 2.40. The van der Waals surface area contributed by atoms with Gasteiger partial charge in [0.15, 0.2) is 0 Å². The Morgan fingerprint density at radius 3 is 2.68 bits per heavy atom. The van der Waals surface area contributed by atoms with Gasteiger partial charge in [-0.1, -0.05) is 42.1 Å². The van der Waals surface area contributed by atoms with E-state index >= 15 is 0 Å². The van der Waals surface area contributed by atoms with Crippen molar-refractivity contribution in [1.82, 2.24) is 5.32 Å². The molecule has 1 aromatic rings. The monoisotopic (exact) mass is 301 g/mol. The molecule has 0 unspecified atom stereocenters. The third-order valence-electron chi connectivity index (χ3n) is 3.64. The van der Waals surface area contributed by atoms with Gasteiger partial charge in [0.05, 0.1) is 16.0 Å². The van der Waals surface area contributed by atoms with Crippen LogP contribution in [-0.2, 0) is 11.3 Å². The molecule has 1 saturated carbocycles. The van der Waals surface area contributed by atoms with E-state index in [0.29, 0.717) is 16.6 Å². The summed E-state index contributed by atoms with van der Waals surface area (Å²) in [7, 11) is 0. The number of benzene rings is 1. The minimum Gasteiger partial charge on any atom is -0.481 e. The summed E-state index contributed by atoms with van der Waals surface area (Å²) in [4.78, 5) is 11.2. The van der Waals surface area contributed by atoms with Crippen molar-refractivity contribution in [2.45, 2.75) is 38.3 Å². The van der Waals surface area contributed by atoms with Crippen molar-refractivity contribution >= 4 is 29.2 Å². The number of carboxylic acid groups (broad SMARTS) is 1. The Hall–Kier alpha value is -0.770. The molecule has 2 atom stereocenters. The van der Waals surface area contributed by atoms with Gasteiger partial charge in [-0.25, -0.2) is 0 Å². The Morgan fingerprint density at radius 2 is 2.00 bits per heavy atom. The van der Waals surface area contributed by atoms with Crippen LogP contribution < -0.4 is 5.32 Å². The zero-order valence-electron chi connectivity index (χ0n) is 10.5. The van der Waals surface area contributed by atoms with Crippen LogP contribution in [0.15, 0.2) is 18.2 Å². The molecule has 104 valence electrons. The van der Waals surface area contributed by atoms with Gasteiger partial charge in [-0.3, -0.25) is 4.79 Å². The molecule has 0 bridgehead atoms. The fraction of sp³-hybridized carbons (Fsp3) is 0.500. The molecular formula is C14H17Cl2NO2. The summed E-state index contributed by atoms with van der Waals surface area (Å²) in [6.45, 7) is 0.616.